The molecule has 0 saturated carbocycles. The number of Topliss-reactive ketones (excluding diaryl/α,β-unsaturated/α-hetero) is 1. The minimum absolute atomic E-state index is 0.00784. The Morgan fingerprint density at radius 3 is 2.94 bits per heavy atom. The molecule has 0 spiro atoms. The monoisotopic (exact) mass is 257 g/mol. The van der Waals surface area contributed by atoms with Crippen molar-refractivity contribution in [2.24, 2.45) is 5.92 Å². The highest BCUT2D eigenvalue weighted by atomic mass is 32.2. The fourth-order valence-corrected chi connectivity index (χ4v) is 3.81. The lowest BCUT2D eigenvalue weighted by Gasteiger charge is -2.06. The number of aryl methyl sites for hydroxylation is 1. The number of carbonyl (C=O) groups is 1. The summed E-state index contributed by atoms with van der Waals surface area (Å²) in [6.45, 7) is 2.58. The van der Waals surface area contributed by atoms with Crippen LogP contribution in [0, 0.1) is 5.92 Å². The Labute approximate surface area is 100.0 Å². The molecule has 1 aliphatic rings. The van der Waals surface area contributed by atoms with E-state index in [4.69, 9.17) is 0 Å². The highest BCUT2D eigenvalue weighted by Gasteiger charge is 2.33. The summed E-state index contributed by atoms with van der Waals surface area (Å²) >= 11 is 0. The summed E-state index contributed by atoms with van der Waals surface area (Å²) in [6, 6.07) is 0. The maximum Gasteiger partial charge on any atom is 0.151 e. The van der Waals surface area contributed by atoms with E-state index >= 15 is 0 Å². The van der Waals surface area contributed by atoms with Crippen LogP contribution in [-0.2, 0) is 27.6 Å². The average molecular weight is 257 g/mol. The van der Waals surface area contributed by atoms with E-state index in [9.17, 15) is 13.2 Å². The van der Waals surface area contributed by atoms with Crippen molar-refractivity contribution in [3.8, 4) is 0 Å². The molecule has 0 aliphatic carbocycles. The minimum atomic E-state index is -3.00. The number of nitrogens with zero attached hydrogens (tertiary/aromatic N) is 3. The number of hydrogen-bond donors (Lipinski definition) is 0. The standard InChI is InChI=1S/C10H15N3O3S/c1-2-13-10(11-7-12-13)5-9(14)8-3-4-17(15,16)6-8/h7-8H,2-6H2,1H3. The number of rotatable bonds is 4. The lowest BCUT2D eigenvalue weighted by Crippen LogP contribution is -2.20. The summed E-state index contributed by atoms with van der Waals surface area (Å²) in [5, 5.41) is 3.98. The smallest absolute Gasteiger partial charge is 0.151 e. The molecule has 94 valence electrons. The van der Waals surface area contributed by atoms with E-state index in [1.807, 2.05) is 6.92 Å². The fourth-order valence-electron chi connectivity index (χ4n) is 2.04. The van der Waals surface area contributed by atoms with Crippen LogP contribution >= 0.6 is 0 Å². The van der Waals surface area contributed by atoms with Gasteiger partial charge in [0.25, 0.3) is 0 Å². The van der Waals surface area contributed by atoms with Gasteiger partial charge >= 0.3 is 0 Å². The molecule has 1 unspecified atom stereocenters. The van der Waals surface area contributed by atoms with Crippen molar-refractivity contribution < 1.29 is 13.2 Å². The Morgan fingerprint density at radius 1 is 1.59 bits per heavy atom. The molecule has 0 N–H and O–H groups in total. The van der Waals surface area contributed by atoms with Crippen molar-refractivity contribution in [1.82, 2.24) is 14.8 Å². The van der Waals surface area contributed by atoms with Crippen LogP contribution in [0.1, 0.15) is 19.2 Å². The summed E-state index contributed by atoms with van der Waals surface area (Å²) in [4.78, 5) is 15.9. The van der Waals surface area contributed by atoms with Crippen LogP contribution < -0.4 is 0 Å². The van der Waals surface area contributed by atoms with Gasteiger partial charge in [-0.1, -0.05) is 0 Å². The first kappa shape index (κ1) is 12.2. The van der Waals surface area contributed by atoms with E-state index in [2.05, 4.69) is 10.1 Å². The molecular formula is C10H15N3O3S. The molecule has 1 atom stereocenters. The Hall–Kier alpha value is -1.24. The minimum Gasteiger partial charge on any atom is -0.299 e. The molecule has 7 heteroatoms. The molecule has 17 heavy (non-hydrogen) atoms. The summed E-state index contributed by atoms with van der Waals surface area (Å²) in [7, 11) is -3.00. The number of ketones is 1. The van der Waals surface area contributed by atoms with Gasteiger partial charge in [0.05, 0.1) is 17.9 Å². The second-order valence-electron chi connectivity index (χ2n) is 4.24. The molecular weight excluding hydrogens is 242 g/mol. The Bertz CT molecular complexity index is 521. The van der Waals surface area contributed by atoms with Crippen LogP contribution in [0.15, 0.2) is 6.33 Å². The molecule has 0 aromatic carbocycles. The number of sulfone groups is 1. The molecule has 1 fully saturated rings. The van der Waals surface area contributed by atoms with Crippen molar-refractivity contribution in [1.29, 1.82) is 0 Å². The van der Waals surface area contributed by atoms with Gasteiger partial charge in [0, 0.05) is 12.5 Å². The Morgan fingerprint density at radius 2 is 2.35 bits per heavy atom. The van der Waals surface area contributed by atoms with Crippen LogP contribution in [0.4, 0.5) is 0 Å². The molecule has 1 aromatic rings. The van der Waals surface area contributed by atoms with Crippen LogP contribution in [0.3, 0.4) is 0 Å². The summed E-state index contributed by atoms with van der Waals surface area (Å²) in [5.74, 6) is 0.327. The predicted molar refractivity (Wildman–Crippen MR) is 61.2 cm³/mol. The van der Waals surface area contributed by atoms with E-state index < -0.39 is 9.84 Å². The van der Waals surface area contributed by atoms with Gasteiger partial charge in [-0.15, -0.1) is 0 Å². The van der Waals surface area contributed by atoms with Crippen LogP contribution in [0.2, 0.25) is 0 Å². The van der Waals surface area contributed by atoms with Gasteiger partial charge in [0.1, 0.15) is 17.9 Å². The zero-order chi connectivity index (χ0) is 12.5. The summed E-state index contributed by atoms with van der Waals surface area (Å²) in [6.07, 6.45) is 2.03. The highest BCUT2D eigenvalue weighted by molar-refractivity contribution is 7.91. The van der Waals surface area contributed by atoms with Crippen LogP contribution in [0.25, 0.3) is 0 Å². The second kappa shape index (κ2) is 4.56. The first-order valence-corrected chi connectivity index (χ1v) is 7.44. The van der Waals surface area contributed by atoms with Crippen LogP contribution in [0.5, 0.6) is 0 Å². The molecule has 1 aromatic heterocycles. The van der Waals surface area contributed by atoms with Crippen molar-refractivity contribution in [3.05, 3.63) is 12.2 Å². The molecule has 2 rings (SSSR count). The van der Waals surface area contributed by atoms with Crippen LogP contribution in [-0.4, -0.2) is 40.5 Å². The van der Waals surface area contributed by atoms with E-state index in [0.29, 0.717) is 18.8 Å². The second-order valence-corrected chi connectivity index (χ2v) is 6.46. The fraction of sp³-hybridized carbons (Fsp3) is 0.700. The molecule has 0 bridgehead atoms. The quantitative estimate of drug-likeness (QED) is 0.749. The van der Waals surface area contributed by atoms with Gasteiger partial charge in [-0.3, -0.25) is 4.79 Å². The third-order valence-corrected chi connectivity index (χ3v) is 4.78. The lowest BCUT2D eigenvalue weighted by molar-refractivity contribution is -0.121. The first-order chi connectivity index (χ1) is 8.02. The van der Waals surface area contributed by atoms with E-state index in [-0.39, 0.29) is 29.6 Å². The topological polar surface area (TPSA) is 81.9 Å². The molecule has 0 radical (unpaired) electrons. The van der Waals surface area contributed by atoms with Gasteiger partial charge in [0.15, 0.2) is 9.84 Å². The maximum atomic E-state index is 11.9. The third-order valence-electron chi connectivity index (χ3n) is 3.02. The first-order valence-electron chi connectivity index (χ1n) is 5.61. The van der Waals surface area contributed by atoms with E-state index in [1.54, 1.807) is 4.68 Å². The molecule has 2 heterocycles. The van der Waals surface area contributed by atoms with E-state index in [0.717, 1.165) is 0 Å². The average Bonchev–Trinajstić information content (AvgIpc) is 2.84. The third kappa shape index (κ3) is 2.71. The number of aromatic nitrogens is 3. The molecule has 0 amide bonds. The highest BCUT2D eigenvalue weighted by Crippen LogP contribution is 2.20. The van der Waals surface area contributed by atoms with Crippen molar-refractivity contribution >= 4 is 15.6 Å². The number of carbonyl (C=O) groups excluding carboxylic acids is 1. The van der Waals surface area contributed by atoms with Crippen molar-refractivity contribution in [3.63, 3.8) is 0 Å². The normalized spacial score (nSPS) is 22.8. The summed E-state index contributed by atoms with van der Waals surface area (Å²) < 4.78 is 24.2. The summed E-state index contributed by atoms with van der Waals surface area (Å²) in [5.41, 5.74) is 0. The molecule has 1 aliphatic heterocycles. The maximum absolute atomic E-state index is 11.9. The van der Waals surface area contributed by atoms with Gasteiger partial charge in [0.2, 0.25) is 0 Å². The zero-order valence-corrected chi connectivity index (χ0v) is 10.5. The van der Waals surface area contributed by atoms with Gasteiger partial charge in [-0.25, -0.2) is 18.1 Å². The van der Waals surface area contributed by atoms with Crippen molar-refractivity contribution in [2.45, 2.75) is 26.3 Å². The zero-order valence-electron chi connectivity index (χ0n) is 9.66. The van der Waals surface area contributed by atoms with E-state index in [1.165, 1.54) is 6.33 Å². The van der Waals surface area contributed by atoms with Gasteiger partial charge in [-0.2, -0.15) is 5.10 Å². The Balaban J connectivity index is 2.03. The SMILES string of the molecule is CCn1ncnc1CC(=O)C1CCS(=O)(=O)C1. The predicted octanol–water partition coefficient (Wildman–Crippen LogP) is -0.156. The Kier molecular flexibility index (Phi) is 3.28. The molecule has 6 nitrogen and oxygen atoms in total. The molecule has 1 saturated heterocycles. The van der Waals surface area contributed by atoms with Gasteiger partial charge < -0.3 is 0 Å². The largest absolute Gasteiger partial charge is 0.299 e. The van der Waals surface area contributed by atoms with Crippen molar-refractivity contribution in [2.75, 3.05) is 11.5 Å². The lowest BCUT2D eigenvalue weighted by atomic mass is 10.0. The van der Waals surface area contributed by atoms with Gasteiger partial charge in [-0.05, 0) is 13.3 Å². The number of hydrogen-bond acceptors (Lipinski definition) is 5.